The molecular formula is C21H17BrN2O5S. The minimum Gasteiger partial charge on any atom is -0.487 e. The SMILES string of the molecule is C=CCc1cc(/C=C2\SC(=O)N(C)C2=O)cc(Br)c1OCc1ccc([N+](=O)[O-])cc1. The summed E-state index contributed by atoms with van der Waals surface area (Å²) in [5.74, 6) is 0.291. The molecule has 0 radical (unpaired) electrons. The Bertz CT molecular complexity index is 1070. The van der Waals surface area contributed by atoms with E-state index < -0.39 is 4.92 Å². The molecule has 3 rings (SSSR count). The second-order valence-electron chi connectivity index (χ2n) is 6.44. The number of carbonyl (C=O) groups excluding carboxylic acids is 2. The zero-order chi connectivity index (χ0) is 21.8. The zero-order valence-electron chi connectivity index (χ0n) is 16.0. The van der Waals surface area contributed by atoms with E-state index in [4.69, 9.17) is 4.74 Å². The molecule has 9 heteroatoms. The lowest BCUT2D eigenvalue weighted by molar-refractivity contribution is -0.384. The van der Waals surface area contributed by atoms with Crippen LogP contribution in [0.5, 0.6) is 5.75 Å². The van der Waals surface area contributed by atoms with E-state index in [1.165, 1.54) is 19.2 Å². The standard InChI is InChI=1S/C21H17BrN2O5S/c1-3-4-15-9-14(11-18-20(25)23(2)21(26)30-18)10-17(22)19(15)29-12-13-5-7-16(8-6-13)24(27)28/h3,5-11H,1,4,12H2,2H3/b18-11-. The highest BCUT2D eigenvalue weighted by Gasteiger charge is 2.31. The third-order valence-corrected chi connectivity index (χ3v) is 5.87. The topological polar surface area (TPSA) is 89.8 Å². The van der Waals surface area contributed by atoms with E-state index >= 15 is 0 Å². The predicted molar refractivity (Wildman–Crippen MR) is 119 cm³/mol. The highest BCUT2D eigenvalue weighted by Crippen LogP contribution is 2.36. The Kier molecular flexibility index (Phi) is 6.73. The Morgan fingerprint density at radius 3 is 2.53 bits per heavy atom. The van der Waals surface area contributed by atoms with Crippen LogP contribution in [0, 0.1) is 10.1 Å². The summed E-state index contributed by atoms with van der Waals surface area (Å²) in [7, 11) is 1.45. The van der Waals surface area contributed by atoms with Crippen LogP contribution in [0.1, 0.15) is 16.7 Å². The quantitative estimate of drug-likeness (QED) is 0.226. The molecule has 0 unspecified atom stereocenters. The van der Waals surface area contributed by atoms with Crippen molar-refractivity contribution in [2.24, 2.45) is 0 Å². The Hall–Kier alpha value is -2.91. The van der Waals surface area contributed by atoms with Gasteiger partial charge in [0, 0.05) is 19.2 Å². The number of likely N-dealkylation sites (N-methyl/N-ethyl adjacent to an activating group) is 1. The maximum absolute atomic E-state index is 12.1. The summed E-state index contributed by atoms with van der Waals surface area (Å²) in [6.45, 7) is 4.01. The highest BCUT2D eigenvalue weighted by atomic mass is 79.9. The molecule has 1 fully saturated rings. The smallest absolute Gasteiger partial charge is 0.293 e. The van der Waals surface area contributed by atoms with Gasteiger partial charge in [0.05, 0.1) is 14.3 Å². The van der Waals surface area contributed by atoms with Crippen molar-refractivity contribution in [1.82, 2.24) is 4.90 Å². The number of benzene rings is 2. The molecule has 2 aromatic carbocycles. The van der Waals surface area contributed by atoms with E-state index in [9.17, 15) is 19.7 Å². The number of non-ortho nitro benzene ring substituents is 1. The molecule has 0 N–H and O–H groups in total. The second kappa shape index (κ2) is 9.27. The second-order valence-corrected chi connectivity index (χ2v) is 8.28. The molecule has 1 aliphatic rings. The molecule has 30 heavy (non-hydrogen) atoms. The van der Waals surface area contributed by atoms with Crippen LogP contribution in [0.15, 0.2) is 58.4 Å². The Morgan fingerprint density at radius 1 is 1.27 bits per heavy atom. The number of imide groups is 1. The van der Waals surface area contributed by atoms with Crippen LogP contribution < -0.4 is 4.74 Å². The lowest BCUT2D eigenvalue weighted by atomic mass is 10.1. The summed E-state index contributed by atoms with van der Waals surface area (Å²) in [5, 5.41) is 10.5. The maximum Gasteiger partial charge on any atom is 0.293 e. The number of nitro groups is 1. The number of rotatable bonds is 7. The molecule has 1 aliphatic heterocycles. The molecule has 7 nitrogen and oxygen atoms in total. The van der Waals surface area contributed by atoms with Gasteiger partial charge in [0.1, 0.15) is 12.4 Å². The minimum absolute atomic E-state index is 0.0214. The van der Waals surface area contributed by atoms with Crippen LogP contribution >= 0.6 is 27.7 Å². The first-order valence-electron chi connectivity index (χ1n) is 8.81. The maximum atomic E-state index is 12.1. The minimum atomic E-state index is -0.449. The molecule has 2 aromatic rings. The zero-order valence-corrected chi connectivity index (χ0v) is 18.4. The number of hydrogen-bond acceptors (Lipinski definition) is 6. The van der Waals surface area contributed by atoms with Crippen molar-refractivity contribution in [2.45, 2.75) is 13.0 Å². The average Bonchev–Trinajstić information content (AvgIpc) is 2.94. The lowest BCUT2D eigenvalue weighted by Crippen LogP contribution is -2.22. The van der Waals surface area contributed by atoms with Gasteiger partial charge in [-0.25, -0.2) is 0 Å². The summed E-state index contributed by atoms with van der Waals surface area (Å²) in [4.78, 5) is 35.6. The molecule has 154 valence electrons. The summed E-state index contributed by atoms with van der Waals surface area (Å²) >= 11 is 4.41. The first kappa shape index (κ1) is 21.8. The fourth-order valence-corrected chi connectivity index (χ4v) is 4.25. The van der Waals surface area contributed by atoms with Crippen molar-refractivity contribution in [2.75, 3.05) is 7.05 Å². The normalized spacial score (nSPS) is 15.0. The summed E-state index contributed by atoms with van der Waals surface area (Å²) in [5.41, 5.74) is 2.41. The van der Waals surface area contributed by atoms with Gasteiger partial charge in [-0.05, 0) is 81.1 Å². The molecule has 0 saturated carbocycles. The monoisotopic (exact) mass is 488 g/mol. The summed E-state index contributed by atoms with van der Waals surface area (Å²) in [6, 6.07) is 9.84. The number of hydrogen-bond donors (Lipinski definition) is 0. The number of allylic oxidation sites excluding steroid dienone is 1. The third-order valence-electron chi connectivity index (χ3n) is 4.32. The number of amides is 2. The molecule has 0 aromatic heterocycles. The fraction of sp³-hybridized carbons (Fsp3) is 0.143. The van der Waals surface area contributed by atoms with E-state index in [0.717, 1.165) is 33.4 Å². The number of nitrogens with zero attached hydrogens (tertiary/aromatic N) is 2. The fourth-order valence-electron chi connectivity index (χ4n) is 2.79. The molecule has 0 atom stereocenters. The highest BCUT2D eigenvalue weighted by molar-refractivity contribution is 9.10. The van der Waals surface area contributed by atoms with E-state index in [1.54, 1.807) is 30.4 Å². The van der Waals surface area contributed by atoms with E-state index in [1.807, 2.05) is 6.07 Å². The Balaban J connectivity index is 1.84. The number of thioether (sulfide) groups is 1. The van der Waals surface area contributed by atoms with Crippen LogP contribution in [-0.2, 0) is 17.8 Å². The molecular weight excluding hydrogens is 472 g/mol. The number of nitro benzene ring substituents is 1. The van der Waals surface area contributed by atoms with Crippen molar-refractivity contribution < 1.29 is 19.2 Å². The van der Waals surface area contributed by atoms with Gasteiger partial charge in [-0.1, -0.05) is 6.08 Å². The predicted octanol–water partition coefficient (Wildman–Crippen LogP) is 5.33. The van der Waals surface area contributed by atoms with Crippen LogP contribution in [0.4, 0.5) is 10.5 Å². The van der Waals surface area contributed by atoms with E-state index in [0.29, 0.717) is 21.5 Å². The van der Waals surface area contributed by atoms with Crippen molar-refractivity contribution in [3.63, 3.8) is 0 Å². The summed E-state index contributed by atoms with van der Waals surface area (Å²) < 4.78 is 6.65. The van der Waals surface area contributed by atoms with Gasteiger partial charge in [-0.2, -0.15) is 0 Å². The van der Waals surface area contributed by atoms with E-state index in [2.05, 4.69) is 22.5 Å². The van der Waals surface area contributed by atoms with Crippen LogP contribution in [0.25, 0.3) is 6.08 Å². The van der Waals surface area contributed by atoms with Crippen molar-refractivity contribution in [3.05, 3.63) is 85.2 Å². The molecule has 2 amide bonds. The molecule has 0 aliphatic carbocycles. The molecule has 0 bridgehead atoms. The summed E-state index contributed by atoms with van der Waals surface area (Å²) in [6.07, 6.45) is 3.95. The van der Waals surface area contributed by atoms with Crippen LogP contribution in [0.3, 0.4) is 0 Å². The van der Waals surface area contributed by atoms with Gasteiger partial charge < -0.3 is 4.74 Å². The largest absolute Gasteiger partial charge is 0.487 e. The first-order valence-corrected chi connectivity index (χ1v) is 10.4. The van der Waals surface area contributed by atoms with Crippen molar-refractivity contribution >= 4 is 50.6 Å². The van der Waals surface area contributed by atoms with E-state index in [-0.39, 0.29) is 23.4 Å². The Morgan fingerprint density at radius 2 is 1.97 bits per heavy atom. The van der Waals surface area contributed by atoms with Gasteiger partial charge in [-0.3, -0.25) is 24.6 Å². The number of carbonyl (C=O) groups is 2. The van der Waals surface area contributed by atoms with Gasteiger partial charge in [0.15, 0.2) is 0 Å². The van der Waals surface area contributed by atoms with Gasteiger partial charge in [0.2, 0.25) is 0 Å². The van der Waals surface area contributed by atoms with Gasteiger partial charge >= 0.3 is 0 Å². The van der Waals surface area contributed by atoms with Gasteiger partial charge in [-0.15, -0.1) is 6.58 Å². The molecule has 0 spiro atoms. The third kappa shape index (κ3) is 4.80. The van der Waals surface area contributed by atoms with Crippen molar-refractivity contribution in [1.29, 1.82) is 0 Å². The molecule has 1 heterocycles. The lowest BCUT2D eigenvalue weighted by Gasteiger charge is -2.14. The Labute approximate surface area is 185 Å². The number of ether oxygens (including phenoxy) is 1. The van der Waals surface area contributed by atoms with Gasteiger partial charge in [0.25, 0.3) is 16.8 Å². The number of halogens is 1. The van der Waals surface area contributed by atoms with Crippen molar-refractivity contribution in [3.8, 4) is 5.75 Å². The molecule has 1 saturated heterocycles. The van der Waals surface area contributed by atoms with Crippen LogP contribution in [0.2, 0.25) is 0 Å². The average molecular weight is 489 g/mol. The van der Waals surface area contributed by atoms with Crippen LogP contribution in [-0.4, -0.2) is 28.0 Å². The first-order chi connectivity index (χ1) is 14.3.